The molecule has 0 aromatic heterocycles. The Hall–Kier alpha value is -1.57. The molecule has 0 aliphatic carbocycles. The van der Waals surface area contributed by atoms with Crippen LogP contribution in [0, 0.1) is 23.2 Å². The number of rotatable bonds is 3. The lowest BCUT2D eigenvalue weighted by atomic mass is 9.88. The van der Waals surface area contributed by atoms with Crippen LogP contribution in [0.2, 0.25) is 0 Å². The van der Waals surface area contributed by atoms with Crippen molar-refractivity contribution in [3.63, 3.8) is 0 Å². The minimum atomic E-state index is 0.606. The SMILES string of the molecule is COc1cc(CN2CCC3CNCC3C2)ccc1C#N. The van der Waals surface area contributed by atoms with Gasteiger partial charge in [0.2, 0.25) is 0 Å². The average molecular weight is 271 g/mol. The third-order valence-electron chi connectivity index (χ3n) is 4.58. The molecule has 0 amide bonds. The molecular weight excluding hydrogens is 250 g/mol. The maximum atomic E-state index is 9.02. The molecule has 3 rings (SSSR count). The van der Waals surface area contributed by atoms with Gasteiger partial charge in [-0.15, -0.1) is 0 Å². The fourth-order valence-corrected chi connectivity index (χ4v) is 3.44. The Bertz CT molecular complexity index is 523. The summed E-state index contributed by atoms with van der Waals surface area (Å²) in [6.45, 7) is 5.66. The van der Waals surface area contributed by atoms with Gasteiger partial charge in [-0.3, -0.25) is 4.90 Å². The van der Waals surface area contributed by atoms with Crippen LogP contribution in [0.1, 0.15) is 17.5 Å². The summed E-state index contributed by atoms with van der Waals surface area (Å²) >= 11 is 0. The summed E-state index contributed by atoms with van der Waals surface area (Å²) in [5.74, 6) is 2.37. The van der Waals surface area contributed by atoms with E-state index in [-0.39, 0.29) is 0 Å². The highest BCUT2D eigenvalue weighted by atomic mass is 16.5. The zero-order chi connectivity index (χ0) is 13.9. The van der Waals surface area contributed by atoms with Gasteiger partial charge >= 0.3 is 0 Å². The first kappa shape index (κ1) is 13.4. The van der Waals surface area contributed by atoms with E-state index in [2.05, 4.69) is 16.3 Å². The molecule has 4 nitrogen and oxygen atoms in total. The fourth-order valence-electron chi connectivity index (χ4n) is 3.44. The van der Waals surface area contributed by atoms with Crippen LogP contribution >= 0.6 is 0 Å². The van der Waals surface area contributed by atoms with Crippen LogP contribution < -0.4 is 10.1 Å². The minimum absolute atomic E-state index is 0.606. The molecular formula is C16H21N3O. The molecule has 0 radical (unpaired) electrons. The predicted molar refractivity (Wildman–Crippen MR) is 77.5 cm³/mol. The van der Waals surface area contributed by atoms with Crippen molar-refractivity contribution >= 4 is 0 Å². The maximum Gasteiger partial charge on any atom is 0.136 e. The molecule has 2 fully saturated rings. The Balaban J connectivity index is 1.67. The van der Waals surface area contributed by atoms with Crippen molar-refractivity contribution in [2.24, 2.45) is 11.8 Å². The lowest BCUT2D eigenvalue weighted by Gasteiger charge is -2.34. The number of nitrogens with one attached hydrogen (secondary N) is 1. The molecule has 1 aromatic rings. The van der Waals surface area contributed by atoms with Gasteiger partial charge in [0.1, 0.15) is 11.8 Å². The number of likely N-dealkylation sites (tertiary alicyclic amines) is 1. The molecule has 2 atom stereocenters. The van der Waals surface area contributed by atoms with E-state index >= 15 is 0 Å². The first-order chi connectivity index (χ1) is 9.80. The fraction of sp³-hybridized carbons (Fsp3) is 0.562. The van der Waals surface area contributed by atoms with Crippen LogP contribution in [0.3, 0.4) is 0 Å². The minimum Gasteiger partial charge on any atom is -0.495 e. The number of piperidine rings is 1. The van der Waals surface area contributed by atoms with Gasteiger partial charge in [0.15, 0.2) is 0 Å². The third-order valence-corrected chi connectivity index (χ3v) is 4.58. The Kier molecular flexibility index (Phi) is 3.90. The first-order valence-electron chi connectivity index (χ1n) is 7.30. The van der Waals surface area contributed by atoms with E-state index in [0.717, 1.165) is 24.9 Å². The molecule has 1 aromatic carbocycles. The van der Waals surface area contributed by atoms with Crippen molar-refractivity contribution in [3.05, 3.63) is 29.3 Å². The summed E-state index contributed by atoms with van der Waals surface area (Å²) in [6.07, 6.45) is 1.30. The predicted octanol–water partition coefficient (Wildman–Crippen LogP) is 1.61. The molecule has 2 saturated heterocycles. The number of hydrogen-bond acceptors (Lipinski definition) is 4. The molecule has 2 aliphatic rings. The van der Waals surface area contributed by atoms with E-state index in [4.69, 9.17) is 10.00 Å². The van der Waals surface area contributed by atoms with Gasteiger partial charge in [-0.1, -0.05) is 6.07 Å². The van der Waals surface area contributed by atoms with Gasteiger partial charge in [-0.2, -0.15) is 5.26 Å². The Morgan fingerprint density at radius 2 is 2.25 bits per heavy atom. The highest BCUT2D eigenvalue weighted by molar-refractivity contribution is 5.45. The van der Waals surface area contributed by atoms with E-state index in [1.54, 1.807) is 7.11 Å². The normalized spacial score (nSPS) is 26.0. The zero-order valence-corrected chi connectivity index (χ0v) is 11.9. The Morgan fingerprint density at radius 1 is 1.40 bits per heavy atom. The highest BCUT2D eigenvalue weighted by Gasteiger charge is 2.32. The van der Waals surface area contributed by atoms with Crippen LogP contribution in [0.15, 0.2) is 18.2 Å². The average Bonchev–Trinajstić information content (AvgIpc) is 2.94. The number of nitriles is 1. The van der Waals surface area contributed by atoms with Crippen molar-refractivity contribution in [2.45, 2.75) is 13.0 Å². The second-order valence-electron chi connectivity index (χ2n) is 5.85. The Labute approximate surface area is 120 Å². The second-order valence-corrected chi connectivity index (χ2v) is 5.85. The number of hydrogen-bond donors (Lipinski definition) is 1. The molecule has 0 bridgehead atoms. The monoisotopic (exact) mass is 271 g/mol. The van der Waals surface area contributed by atoms with Crippen molar-refractivity contribution in [1.29, 1.82) is 5.26 Å². The number of benzene rings is 1. The molecule has 20 heavy (non-hydrogen) atoms. The molecule has 2 aliphatic heterocycles. The summed E-state index contributed by atoms with van der Waals surface area (Å²) in [5, 5.41) is 12.5. The summed E-state index contributed by atoms with van der Waals surface area (Å²) in [6, 6.07) is 8.06. The van der Waals surface area contributed by atoms with Crippen LogP contribution in [0.25, 0.3) is 0 Å². The molecule has 2 heterocycles. The van der Waals surface area contributed by atoms with E-state index < -0.39 is 0 Å². The summed E-state index contributed by atoms with van der Waals surface area (Å²) in [4.78, 5) is 2.52. The topological polar surface area (TPSA) is 48.3 Å². The number of ether oxygens (including phenoxy) is 1. The number of nitrogens with zero attached hydrogens (tertiary/aromatic N) is 2. The molecule has 106 valence electrons. The molecule has 4 heteroatoms. The summed E-state index contributed by atoms with van der Waals surface area (Å²) in [5.41, 5.74) is 1.83. The molecule has 1 N–H and O–H groups in total. The van der Waals surface area contributed by atoms with Crippen molar-refractivity contribution < 1.29 is 4.74 Å². The van der Waals surface area contributed by atoms with E-state index in [9.17, 15) is 0 Å². The first-order valence-corrected chi connectivity index (χ1v) is 7.30. The highest BCUT2D eigenvalue weighted by Crippen LogP contribution is 2.28. The van der Waals surface area contributed by atoms with E-state index in [1.165, 1.54) is 31.6 Å². The lowest BCUT2D eigenvalue weighted by Crippen LogP contribution is -2.39. The van der Waals surface area contributed by atoms with E-state index in [0.29, 0.717) is 11.3 Å². The smallest absolute Gasteiger partial charge is 0.136 e. The van der Waals surface area contributed by atoms with Gasteiger partial charge in [-0.05, 0) is 55.6 Å². The molecule has 0 saturated carbocycles. The van der Waals surface area contributed by atoms with Crippen LogP contribution in [-0.2, 0) is 6.54 Å². The third kappa shape index (κ3) is 2.65. The number of methoxy groups -OCH3 is 1. The maximum absolute atomic E-state index is 9.02. The van der Waals surface area contributed by atoms with Crippen molar-refractivity contribution in [2.75, 3.05) is 33.3 Å². The summed E-state index contributed by atoms with van der Waals surface area (Å²) < 4.78 is 5.28. The van der Waals surface area contributed by atoms with Crippen molar-refractivity contribution in [1.82, 2.24) is 10.2 Å². The summed E-state index contributed by atoms with van der Waals surface area (Å²) in [7, 11) is 1.62. The zero-order valence-electron chi connectivity index (χ0n) is 11.9. The quantitative estimate of drug-likeness (QED) is 0.907. The standard InChI is InChI=1S/C16H21N3O/c1-20-16-6-12(2-3-13(16)7-17)10-19-5-4-14-8-18-9-15(14)11-19/h2-3,6,14-15,18H,4-5,8-11H2,1H3. The molecule has 0 spiro atoms. The van der Waals surface area contributed by atoms with Crippen molar-refractivity contribution in [3.8, 4) is 11.8 Å². The van der Waals surface area contributed by atoms with Crippen LogP contribution in [-0.4, -0.2) is 38.2 Å². The van der Waals surface area contributed by atoms with Gasteiger partial charge in [0.05, 0.1) is 12.7 Å². The van der Waals surface area contributed by atoms with Gasteiger partial charge in [0.25, 0.3) is 0 Å². The largest absolute Gasteiger partial charge is 0.495 e. The van der Waals surface area contributed by atoms with E-state index in [1.807, 2.05) is 18.2 Å². The van der Waals surface area contributed by atoms with Crippen LogP contribution in [0.4, 0.5) is 0 Å². The van der Waals surface area contributed by atoms with Gasteiger partial charge < -0.3 is 10.1 Å². The lowest BCUT2D eigenvalue weighted by molar-refractivity contribution is 0.142. The number of fused-ring (bicyclic) bond motifs is 1. The second kappa shape index (κ2) is 5.82. The Morgan fingerprint density at radius 3 is 3.05 bits per heavy atom. The van der Waals surface area contributed by atoms with Gasteiger partial charge in [0, 0.05) is 13.1 Å². The molecule has 2 unspecified atom stereocenters. The van der Waals surface area contributed by atoms with Gasteiger partial charge in [-0.25, -0.2) is 0 Å². The van der Waals surface area contributed by atoms with Crippen LogP contribution in [0.5, 0.6) is 5.75 Å².